The van der Waals surface area contributed by atoms with Gasteiger partial charge in [0.15, 0.2) is 0 Å². The molecule has 100 valence electrons. The fourth-order valence-corrected chi connectivity index (χ4v) is 1.62. The Balaban J connectivity index is 1.98. The quantitative estimate of drug-likeness (QED) is 0.916. The van der Waals surface area contributed by atoms with Crippen LogP contribution in [0.5, 0.6) is 0 Å². The SMILES string of the molecule is CC(C)(C)c1ccc(NCc2ccc(F)cc2)nn1. The van der Waals surface area contributed by atoms with E-state index in [2.05, 4.69) is 36.3 Å². The van der Waals surface area contributed by atoms with Crippen LogP contribution >= 0.6 is 0 Å². The van der Waals surface area contributed by atoms with E-state index < -0.39 is 0 Å². The molecule has 1 aromatic carbocycles. The van der Waals surface area contributed by atoms with E-state index in [4.69, 9.17) is 0 Å². The largest absolute Gasteiger partial charge is 0.365 e. The van der Waals surface area contributed by atoms with Crippen LogP contribution in [-0.4, -0.2) is 10.2 Å². The van der Waals surface area contributed by atoms with E-state index in [1.165, 1.54) is 12.1 Å². The van der Waals surface area contributed by atoms with E-state index >= 15 is 0 Å². The summed E-state index contributed by atoms with van der Waals surface area (Å²) in [6, 6.07) is 10.3. The van der Waals surface area contributed by atoms with Crippen molar-refractivity contribution in [2.45, 2.75) is 32.7 Å². The molecule has 3 nitrogen and oxygen atoms in total. The van der Waals surface area contributed by atoms with Gasteiger partial charge in [-0.2, -0.15) is 5.10 Å². The third-order valence-corrected chi connectivity index (χ3v) is 2.82. The molecule has 0 bridgehead atoms. The Kier molecular flexibility index (Phi) is 3.79. The average molecular weight is 259 g/mol. The van der Waals surface area contributed by atoms with Crippen LogP contribution in [0.2, 0.25) is 0 Å². The van der Waals surface area contributed by atoms with Crippen LogP contribution in [0.1, 0.15) is 32.0 Å². The third kappa shape index (κ3) is 3.74. The zero-order chi connectivity index (χ0) is 13.9. The minimum absolute atomic E-state index is 0.00247. The molecule has 0 atom stereocenters. The second-order valence-electron chi connectivity index (χ2n) is 5.53. The maximum atomic E-state index is 12.8. The zero-order valence-corrected chi connectivity index (χ0v) is 11.4. The Morgan fingerprint density at radius 2 is 1.68 bits per heavy atom. The predicted octanol–water partition coefficient (Wildman–Crippen LogP) is 3.53. The molecular weight excluding hydrogens is 241 g/mol. The summed E-state index contributed by atoms with van der Waals surface area (Å²) in [5.74, 6) is 0.496. The molecule has 0 spiro atoms. The summed E-state index contributed by atoms with van der Waals surface area (Å²) < 4.78 is 12.8. The Morgan fingerprint density at radius 3 is 2.21 bits per heavy atom. The van der Waals surface area contributed by atoms with E-state index in [0.717, 1.165) is 17.1 Å². The Hall–Kier alpha value is -1.97. The van der Waals surface area contributed by atoms with Gasteiger partial charge in [-0.1, -0.05) is 32.9 Å². The minimum Gasteiger partial charge on any atom is -0.365 e. The van der Waals surface area contributed by atoms with Crippen molar-refractivity contribution in [3.05, 3.63) is 53.5 Å². The number of aromatic nitrogens is 2. The molecule has 0 aliphatic carbocycles. The normalized spacial score (nSPS) is 11.4. The first-order valence-electron chi connectivity index (χ1n) is 6.28. The van der Waals surface area contributed by atoms with Crippen LogP contribution in [0.15, 0.2) is 36.4 Å². The Labute approximate surface area is 112 Å². The molecule has 0 amide bonds. The van der Waals surface area contributed by atoms with Gasteiger partial charge in [-0.15, -0.1) is 5.10 Å². The van der Waals surface area contributed by atoms with Crippen molar-refractivity contribution in [1.29, 1.82) is 0 Å². The summed E-state index contributed by atoms with van der Waals surface area (Å²) >= 11 is 0. The number of nitrogens with one attached hydrogen (secondary N) is 1. The Bertz CT molecular complexity index is 527. The van der Waals surface area contributed by atoms with Gasteiger partial charge in [-0.05, 0) is 29.8 Å². The number of halogens is 1. The van der Waals surface area contributed by atoms with Crippen LogP contribution in [0.3, 0.4) is 0 Å². The number of benzene rings is 1. The molecular formula is C15H18FN3. The molecule has 1 N–H and O–H groups in total. The molecule has 4 heteroatoms. The maximum absolute atomic E-state index is 12.8. The summed E-state index contributed by atoms with van der Waals surface area (Å²) in [5, 5.41) is 11.5. The highest BCUT2D eigenvalue weighted by molar-refractivity contribution is 5.35. The lowest BCUT2D eigenvalue weighted by atomic mass is 9.92. The van der Waals surface area contributed by atoms with Gasteiger partial charge < -0.3 is 5.32 Å². The lowest BCUT2D eigenvalue weighted by Gasteiger charge is -2.16. The summed E-state index contributed by atoms with van der Waals surface area (Å²) in [5.41, 5.74) is 1.96. The molecule has 0 aliphatic rings. The molecule has 2 aromatic rings. The minimum atomic E-state index is -0.224. The van der Waals surface area contributed by atoms with Crippen molar-refractivity contribution in [3.8, 4) is 0 Å². The fourth-order valence-electron chi connectivity index (χ4n) is 1.62. The summed E-state index contributed by atoms with van der Waals surface area (Å²) in [4.78, 5) is 0. The molecule has 0 unspecified atom stereocenters. The summed E-state index contributed by atoms with van der Waals surface area (Å²) in [7, 11) is 0. The van der Waals surface area contributed by atoms with Gasteiger partial charge in [0.1, 0.15) is 11.6 Å². The topological polar surface area (TPSA) is 37.8 Å². The molecule has 0 aliphatic heterocycles. The summed E-state index contributed by atoms with van der Waals surface area (Å²) in [6.45, 7) is 6.90. The first kappa shape index (κ1) is 13.5. The van der Waals surface area contributed by atoms with E-state index in [1.54, 1.807) is 12.1 Å². The molecule has 1 aromatic heterocycles. The standard InChI is InChI=1S/C15H18FN3/c1-15(2,3)13-8-9-14(19-18-13)17-10-11-4-6-12(16)7-5-11/h4-9H,10H2,1-3H3,(H,17,19). The van der Waals surface area contributed by atoms with E-state index in [-0.39, 0.29) is 11.2 Å². The van der Waals surface area contributed by atoms with Gasteiger partial charge in [-0.3, -0.25) is 0 Å². The monoisotopic (exact) mass is 259 g/mol. The predicted molar refractivity (Wildman–Crippen MR) is 74.5 cm³/mol. The molecule has 0 saturated carbocycles. The first-order valence-corrected chi connectivity index (χ1v) is 6.28. The van der Waals surface area contributed by atoms with Crippen molar-refractivity contribution in [1.82, 2.24) is 10.2 Å². The van der Waals surface area contributed by atoms with E-state index in [1.807, 2.05) is 12.1 Å². The first-order chi connectivity index (χ1) is 8.95. The molecule has 1 heterocycles. The van der Waals surface area contributed by atoms with Gasteiger partial charge in [0.05, 0.1) is 5.69 Å². The number of nitrogens with zero attached hydrogens (tertiary/aromatic N) is 2. The van der Waals surface area contributed by atoms with Gasteiger partial charge in [-0.25, -0.2) is 4.39 Å². The second-order valence-corrected chi connectivity index (χ2v) is 5.53. The lowest BCUT2D eigenvalue weighted by molar-refractivity contribution is 0.559. The molecule has 0 radical (unpaired) electrons. The van der Waals surface area contributed by atoms with Crippen molar-refractivity contribution < 1.29 is 4.39 Å². The van der Waals surface area contributed by atoms with Crippen molar-refractivity contribution in [3.63, 3.8) is 0 Å². The highest BCUT2D eigenvalue weighted by Gasteiger charge is 2.15. The fraction of sp³-hybridized carbons (Fsp3) is 0.333. The summed E-state index contributed by atoms with van der Waals surface area (Å²) in [6.07, 6.45) is 0. The average Bonchev–Trinajstić information content (AvgIpc) is 2.37. The molecule has 0 fully saturated rings. The number of hydrogen-bond donors (Lipinski definition) is 1. The van der Waals surface area contributed by atoms with Crippen LogP contribution < -0.4 is 5.32 Å². The third-order valence-electron chi connectivity index (χ3n) is 2.82. The molecule has 2 rings (SSSR count). The van der Waals surface area contributed by atoms with E-state index in [9.17, 15) is 4.39 Å². The van der Waals surface area contributed by atoms with Crippen LogP contribution in [0, 0.1) is 5.82 Å². The molecule has 19 heavy (non-hydrogen) atoms. The number of anilines is 1. The molecule has 0 saturated heterocycles. The highest BCUT2D eigenvalue weighted by Crippen LogP contribution is 2.19. The van der Waals surface area contributed by atoms with Crippen molar-refractivity contribution in [2.24, 2.45) is 0 Å². The van der Waals surface area contributed by atoms with Crippen molar-refractivity contribution >= 4 is 5.82 Å². The van der Waals surface area contributed by atoms with Crippen molar-refractivity contribution in [2.75, 3.05) is 5.32 Å². The Morgan fingerprint density at radius 1 is 1.00 bits per heavy atom. The maximum Gasteiger partial charge on any atom is 0.148 e. The zero-order valence-electron chi connectivity index (χ0n) is 11.4. The van der Waals surface area contributed by atoms with Crippen LogP contribution in [0.4, 0.5) is 10.2 Å². The van der Waals surface area contributed by atoms with Gasteiger partial charge in [0.2, 0.25) is 0 Å². The highest BCUT2D eigenvalue weighted by atomic mass is 19.1. The van der Waals surface area contributed by atoms with Crippen LogP contribution in [-0.2, 0) is 12.0 Å². The smallest absolute Gasteiger partial charge is 0.148 e. The van der Waals surface area contributed by atoms with Gasteiger partial charge in [0, 0.05) is 12.0 Å². The van der Waals surface area contributed by atoms with Crippen LogP contribution in [0.25, 0.3) is 0 Å². The van der Waals surface area contributed by atoms with E-state index in [0.29, 0.717) is 6.54 Å². The van der Waals surface area contributed by atoms with Gasteiger partial charge >= 0.3 is 0 Å². The van der Waals surface area contributed by atoms with Gasteiger partial charge in [0.25, 0.3) is 0 Å². The number of rotatable bonds is 3. The second kappa shape index (κ2) is 5.34. The number of hydrogen-bond acceptors (Lipinski definition) is 3. The lowest BCUT2D eigenvalue weighted by Crippen LogP contribution is -2.14.